The number of cyclic esters (lactones) is 1. The van der Waals surface area contributed by atoms with Gasteiger partial charge in [0.25, 0.3) is 5.97 Å². The van der Waals surface area contributed by atoms with E-state index in [1.54, 1.807) is 13.8 Å². The van der Waals surface area contributed by atoms with Gasteiger partial charge in [-0.05, 0) is 18.4 Å². The van der Waals surface area contributed by atoms with E-state index >= 15 is 0 Å². The van der Waals surface area contributed by atoms with Crippen LogP contribution < -0.4 is 0 Å². The van der Waals surface area contributed by atoms with Crippen molar-refractivity contribution in [3.63, 3.8) is 0 Å². The molecule has 58 heavy (non-hydrogen) atoms. The molecule has 0 aromatic carbocycles. The molecule has 8 rings (SSSR count). The van der Waals surface area contributed by atoms with E-state index in [-0.39, 0.29) is 12.0 Å². The molecule has 4 saturated carbocycles. The van der Waals surface area contributed by atoms with Gasteiger partial charge in [0, 0.05) is 64.9 Å². The Kier molecular flexibility index (Phi) is 8.48. The van der Waals surface area contributed by atoms with Gasteiger partial charge in [0.15, 0.2) is 35.1 Å². The second-order valence-electron chi connectivity index (χ2n) is 17.2. The molecule has 0 radical (unpaired) electrons. The van der Waals surface area contributed by atoms with Crippen LogP contribution >= 0.6 is 0 Å². The van der Waals surface area contributed by atoms with E-state index in [0.29, 0.717) is 0 Å². The van der Waals surface area contributed by atoms with Crippen LogP contribution in [-0.2, 0) is 80.9 Å². The molecule has 4 heterocycles. The van der Waals surface area contributed by atoms with E-state index in [0.717, 1.165) is 41.7 Å². The minimum Gasteiger partial charge on any atom is -0.472 e. The Hall–Kier alpha value is -4.59. The van der Waals surface area contributed by atoms with Gasteiger partial charge in [-0.15, -0.1) is 0 Å². The fraction of sp³-hybridized carbons (Fsp3) is 0.718. The number of rotatable bonds is 9. The number of ether oxygens (including phenoxy) is 10. The molecule has 2 spiro atoms. The summed E-state index contributed by atoms with van der Waals surface area (Å²) in [5.74, 6) is -11.1. The fourth-order valence-corrected chi connectivity index (χ4v) is 13.3. The molecule has 7 fully saturated rings. The van der Waals surface area contributed by atoms with Gasteiger partial charge in [-0.2, -0.15) is 0 Å². The smallest absolute Gasteiger partial charge is 0.306 e. The first kappa shape index (κ1) is 40.2. The molecular weight excluding hydrogens is 772 g/mol. The highest BCUT2D eigenvalue weighted by atomic mass is 16.9. The lowest BCUT2D eigenvalue weighted by Crippen LogP contribution is -2.98. The summed E-state index contributed by atoms with van der Waals surface area (Å²) in [7, 11) is 1.15. The van der Waals surface area contributed by atoms with Crippen LogP contribution in [0.1, 0.15) is 86.3 Å². The van der Waals surface area contributed by atoms with Crippen molar-refractivity contribution in [2.75, 3.05) is 13.7 Å². The number of carbonyl (C=O) groups is 7. The topological polar surface area (TPSA) is 245 Å². The Bertz CT molecular complexity index is 2010. The third-order valence-corrected chi connectivity index (χ3v) is 14.3. The van der Waals surface area contributed by atoms with Crippen LogP contribution in [0.2, 0.25) is 0 Å². The molecule has 3 saturated heterocycles. The Morgan fingerprint density at radius 3 is 2.02 bits per heavy atom. The highest BCUT2D eigenvalue weighted by Gasteiger charge is 3.07. The molecule has 1 N–H and O–H groups in total. The molecular formula is C39H46O19. The van der Waals surface area contributed by atoms with Crippen molar-refractivity contribution in [1.29, 1.82) is 0 Å². The number of furan rings is 1. The van der Waals surface area contributed by atoms with Gasteiger partial charge < -0.3 is 56.9 Å². The molecule has 3 aliphatic heterocycles. The Balaban J connectivity index is 1.60. The van der Waals surface area contributed by atoms with Crippen LogP contribution in [0, 0.1) is 28.1 Å². The summed E-state index contributed by atoms with van der Waals surface area (Å²) < 4.78 is 68.9. The van der Waals surface area contributed by atoms with Crippen molar-refractivity contribution >= 4 is 41.8 Å². The summed E-state index contributed by atoms with van der Waals surface area (Å²) in [6.45, 7) is 9.32. The first-order valence-corrected chi connectivity index (χ1v) is 18.9. The Labute approximate surface area is 331 Å². The maximum atomic E-state index is 14.2. The average molecular weight is 819 g/mol. The number of hydrogen-bond acceptors (Lipinski definition) is 19. The summed E-state index contributed by atoms with van der Waals surface area (Å²) >= 11 is 0. The van der Waals surface area contributed by atoms with Gasteiger partial charge >= 0.3 is 41.8 Å². The summed E-state index contributed by atoms with van der Waals surface area (Å²) in [5.41, 5.74) is -15.1. The molecule has 1 aromatic rings. The monoisotopic (exact) mass is 818 g/mol. The van der Waals surface area contributed by atoms with Gasteiger partial charge in [0.05, 0.1) is 36.9 Å². The normalized spacial score (nSPS) is 47.2. The summed E-state index contributed by atoms with van der Waals surface area (Å²) in [6.07, 6.45) is -7.39. The molecule has 316 valence electrons. The van der Waals surface area contributed by atoms with Gasteiger partial charge in [-0.25, -0.2) is 0 Å². The second kappa shape index (κ2) is 12.2. The van der Waals surface area contributed by atoms with Crippen molar-refractivity contribution in [1.82, 2.24) is 0 Å². The van der Waals surface area contributed by atoms with Crippen molar-refractivity contribution in [2.45, 2.75) is 134 Å². The van der Waals surface area contributed by atoms with Crippen molar-refractivity contribution < 1.29 is 90.5 Å². The van der Waals surface area contributed by atoms with Gasteiger partial charge in [-0.3, -0.25) is 33.6 Å². The van der Waals surface area contributed by atoms with Crippen LogP contribution in [0.25, 0.3) is 0 Å². The molecule has 4 bridgehead atoms. The Morgan fingerprint density at radius 2 is 1.45 bits per heavy atom. The maximum absolute atomic E-state index is 14.2. The molecule has 15 atom stereocenters. The van der Waals surface area contributed by atoms with Crippen LogP contribution in [0.15, 0.2) is 23.0 Å². The van der Waals surface area contributed by atoms with Gasteiger partial charge in [0.1, 0.15) is 24.4 Å². The highest BCUT2D eigenvalue weighted by molar-refractivity contribution is 5.76. The molecule has 19 nitrogen and oxygen atoms in total. The summed E-state index contributed by atoms with van der Waals surface area (Å²) in [4.78, 5) is 94.8. The van der Waals surface area contributed by atoms with E-state index in [9.17, 15) is 38.7 Å². The van der Waals surface area contributed by atoms with Crippen LogP contribution in [-0.4, -0.2) is 113 Å². The van der Waals surface area contributed by atoms with Crippen LogP contribution in [0.3, 0.4) is 0 Å². The Morgan fingerprint density at radius 1 is 0.828 bits per heavy atom. The van der Waals surface area contributed by atoms with E-state index in [2.05, 4.69) is 0 Å². The lowest BCUT2D eigenvalue weighted by atomic mass is 9.32. The lowest BCUT2D eigenvalue weighted by Gasteiger charge is -2.78. The second-order valence-corrected chi connectivity index (χ2v) is 17.2. The first-order chi connectivity index (χ1) is 27.0. The number of fused-ring (bicyclic) bond motifs is 3. The summed E-state index contributed by atoms with van der Waals surface area (Å²) in [6, 6.07) is 1.51. The summed E-state index contributed by atoms with van der Waals surface area (Å²) in [5, 5.41) is 14.1. The standard InChI is InChI=1S/C39H46O19/c1-17(40)50-16-35-23(12-25(45)48-9)32(6)15-36(35)37(47,30(32)53-20(4)43)31(54-21(5)44)38-24-13-26(46)55-27(22-10-11-49-14-22)33(24,7)28(51-18(2)41)29(52-19(3)42)39(35,38)58-34(8,56-36)57-38/h10-11,14,23-24,27-31,47H,12-13,15-16H2,1-9H3. The van der Waals surface area contributed by atoms with Crippen LogP contribution in [0.4, 0.5) is 0 Å². The zero-order valence-electron chi connectivity index (χ0n) is 33.4. The molecule has 0 amide bonds. The van der Waals surface area contributed by atoms with E-state index in [4.69, 9.17) is 51.8 Å². The average Bonchev–Trinajstić information content (AvgIpc) is 3.82. The van der Waals surface area contributed by atoms with E-state index < -0.39 is 148 Å². The maximum Gasteiger partial charge on any atom is 0.306 e. The fourth-order valence-electron chi connectivity index (χ4n) is 13.3. The highest BCUT2D eigenvalue weighted by Crippen LogP contribution is 2.90. The molecule has 7 aliphatic rings. The number of esters is 7. The largest absolute Gasteiger partial charge is 0.472 e. The zero-order valence-corrected chi connectivity index (χ0v) is 33.4. The quantitative estimate of drug-likeness (QED) is 0.274. The predicted molar refractivity (Wildman–Crippen MR) is 183 cm³/mol. The molecule has 4 aliphatic carbocycles. The number of methoxy groups -OCH3 is 1. The van der Waals surface area contributed by atoms with E-state index in [1.165, 1.54) is 25.5 Å². The minimum absolute atomic E-state index is 0.275. The molecule has 1 aromatic heterocycles. The van der Waals surface area contributed by atoms with Crippen molar-refractivity contribution in [3.05, 3.63) is 24.2 Å². The predicted octanol–water partition coefficient (Wildman–Crippen LogP) is 1.49. The van der Waals surface area contributed by atoms with Gasteiger partial charge in [0.2, 0.25) is 0 Å². The van der Waals surface area contributed by atoms with Gasteiger partial charge in [-0.1, -0.05) is 13.8 Å². The van der Waals surface area contributed by atoms with Crippen molar-refractivity contribution in [3.8, 4) is 0 Å². The third kappa shape index (κ3) is 4.39. The zero-order chi connectivity index (χ0) is 42.4. The molecule has 15 unspecified atom stereocenters. The van der Waals surface area contributed by atoms with Crippen molar-refractivity contribution in [2.24, 2.45) is 28.1 Å². The first-order valence-electron chi connectivity index (χ1n) is 18.9. The third-order valence-electron chi connectivity index (χ3n) is 14.3. The minimum atomic E-state index is -2.68. The number of aliphatic hydroxyl groups is 1. The number of carbonyl (C=O) groups excluding carboxylic acids is 7. The number of hydrogen-bond donors (Lipinski definition) is 1. The lowest BCUT2D eigenvalue weighted by molar-refractivity contribution is -0.497. The SMILES string of the molecule is COC(=O)CC1C2(C)CC34OC5(C)OC6(C7CC(=O)OC(c8ccoc8)C7(C)C(OC(C)=O)C(OC(C)=O)C6(O5)C13COC(C)=O)C(OC(C)=O)C4(O)C2OC(C)=O. The van der Waals surface area contributed by atoms with E-state index in [1.807, 2.05) is 0 Å². The molecule has 19 heteroatoms. The van der Waals surface area contributed by atoms with Crippen LogP contribution in [0.5, 0.6) is 0 Å².